The molecule has 0 amide bonds. The zero-order valence-corrected chi connectivity index (χ0v) is 46.9. The minimum atomic E-state index is -1.43. The Bertz CT molecular complexity index is 2340. The van der Waals surface area contributed by atoms with E-state index >= 15 is 0 Å². The Balaban J connectivity index is 1.28. The first-order valence-corrected chi connectivity index (χ1v) is 27.3. The Hall–Kier alpha value is -4.97. The summed E-state index contributed by atoms with van der Waals surface area (Å²) in [7, 11) is 1.47. The highest BCUT2D eigenvalue weighted by molar-refractivity contribution is 5.89. The van der Waals surface area contributed by atoms with Crippen molar-refractivity contribution in [1.82, 2.24) is 0 Å². The van der Waals surface area contributed by atoms with Gasteiger partial charge in [-0.25, -0.2) is 4.79 Å². The van der Waals surface area contributed by atoms with Gasteiger partial charge in [-0.1, -0.05) is 95.9 Å². The van der Waals surface area contributed by atoms with Crippen LogP contribution in [0.3, 0.4) is 0 Å². The Labute approximate surface area is 455 Å². The van der Waals surface area contributed by atoms with Gasteiger partial charge in [0.25, 0.3) is 0 Å². The molecule has 0 aliphatic carbocycles. The largest absolute Gasteiger partial charge is 0.457 e. The van der Waals surface area contributed by atoms with Crippen LogP contribution in [0.1, 0.15) is 126 Å². The predicted molar refractivity (Wildman–Crippen MR) is 276 cm³/mol. The molecule has 0 spiro atoms. The van der Waals surface area contributed by atoms with Crippen LogP contribution in [0, 0.1) is 35.5 Å². The molecule has 5 aliphatic rings. The number of benzene rings is 1. The van der Waals surface area contributed by atoms with Gasteiger partial charge in [-0.3, -0.25) is 9.59 Å². The average molecular weight is 1100 g/mol. The van der Waals surface area contributed by atoms with E-state index in [1.807, 2.05) is 48.5 Å². The molecule has 432 valence electrons. The maximum atomic E-state index is 13.9. The molecule has 5 saturated heterocycles. The Morgan fingerprint density at radius 3 is 1.49 bits per heavy atom. The van der Waals surface area contributed by atoms with Gasteiger partial charge in [-0.2, -0.15) is 0 Å². The van der Waals surface area contributed by atoms with Crippen LogP contribution in [0.15, 0.2) is 45.7 Å². The number of ether oxygens (including phenoxy) is 12. The van der Waals surface area contributed by atoms with Gasteiger partial charge in [0.05, 0.1) is 72.8 Å². The van der Waals surface area contributed by atoms with Crippen LogP contribution < -0.4 is 0 Å². The van der Waals surface area contributed by atoms with E-state index in [0.717, 1.165) is 0 Å². The third-order valence-corrected chi connectivity index (χ3v) is 16.3. The minimum Gasteiger partial charge on any atom is -0.457 e. The lowest BCUT2D eigenvalue weighted by molar-refractivity contribution is -0.361. The van der Waals surface area contributed by atoms with Gasteiger partial charge < -0.3 is 61.6 Å². The fourth-order valence-electron chi connectivity index (χ4n) is 11.5. The van der Waals surface area contributed by atoms with Crippen LogP contribution >= 0.6 is 0 Å². The molecule has 5 aliphatic heterocycles. The van der Waals surface area contributed by atoms with Crippen LogP contribution in [0.2, 0.25) is 0 Å². The molecule has 1 aromatic rings. The molecule has 78 heavy (non-hydrogen) atoms. The molecule has 5 heterocycles. The number of carbonyl (C=O) groups is 4. The maximum absolute atomic E-state index is 13.9. The number of carbonyl (C=O) groups excluding carboxylic acids is 4. The lowest BCUT2D eigenvalue weighted by Gasteiger charge is -2.51. The monoisotopic (exact) mass is 1100 g/mol. The molecule has 0 N–H and O–H groups in total. The molecule has 25 atom stereocenters. The van der Waals surface area contributed by atoms with E-state index in [4.69, 9.17) is 56.8 Å². The first kappa shape index (κ1) is 62.2. The molecule has 0 aromatic heterocycles. The quantitative estimate of drug-likeness (QED) is 0.0452. The van der Waals surface area contributed by atoms with Gasteiger partial charge in [0.2, 0.25) is 0 Å². The summed E-state index contributed by atoms with van der Waals surface area (Å²) in [4.78, 5) is 62.4. The van der Waals surface area contributed by atoms with Gasteiger partial charge in [0.1, 0.15) is 18.0 Å². The summed E-state index contributed by atoms with van der Waals surface area (Å²) in [6.07, 6.45) is -14.2. The third kappa shape index (κ3) is 14.1. The van der Waals surface area contributed by atoms with Crippen molar-refractivity contribution in [1.29, 1.82) is 0 Å². The molecule has 0 radical (unpaired) electrons. The fourth-order valence-corrected chi connectivity index (χ4v) is 11.5. The van der Waals surface area contributed by atoms with Crippen molar-refractivity contribution in [2.75, 3.05) is 7.11 Å². The maximum Gasteiger partial charge on any atom is 0.338 e. The second-order valence-electron chi connectivity index (χ2n) is 21.4. The van der Waals surface area contributed by atoms with Gasteiger partial charge >= 0.3 is 11.9 Å². The predicted octanol–water partition coefficient (Wildman–Crippen LogP) is 9.00. The fraction of sp³-hybridized carbons (Fsp3) is 0.811. The van der Waals surface area contributed by atoms with Gasteiger partial charge in [0.15, 0.2) is 49.4 Å². The molecule has 6 rings (SSSR count). The number of esters is 2. The summed E-state index contributed by atoms with van der Waals surface area (Å²) >= 11 is 0. The van der Waals surface area contributed by atoms with E-state index in [1.165, 1.54) is 21.0 Å². The molecule has 25 heteroatoms. The highest BCUT2D eigenvalue weighted by Gasteiger charge is 2.56. The minimum absolute atomic E-state index is 0.00971. The van der Waals surface area contributed by atoms with Crippen molar-refractivity contribution in [2.24, 2.45) is 50.9 Å². The van der Waals surface area contributed by atoms with Crippen LogP contribution in [0.5, 0.6) is 0 Å². The number of Topliss-reactive ketones (excluding diaryl/α,β-unsaturated/α-hetero) is 2. The van der Waals surface area contributed by atoms with Crippen LogP contribution in [-0.4, -0.2) is 147 Å². The molecular formula is C53H79N9O16. The standard InChI is InChI=1S/C53H79N9O16/c1-14-34-25(5)26(6)38(57-60-54)50(69-34)77-44-30(10)45(72-37(65)23-22-24(4)63)53(78-47(44)31(11)64)76-43-28(8)40(59-62-56)51(71-36(43)16-3)74-41-29(9)46(73-48(66)33-20-18-17-19-21-33)52(68-32(41)12)75-42-27(7)39(58-61-55)49(67-13)70-35(42)15-2/h17-21,25-30,32,34-36,38-47,49-53H,14-16,22-23H2,1-13H3/t25-,26?,27?,28?,29?,30?,32?,34-,35?,36?,38-,39-,40-,41-,42-,43-,44-,45-,46-,47-,49-,50+,51+,52+,53+/m0/s1. The number of nitrogens with zero attached hydrogens (tertiary/aromatic N) is 9. The zero-order valence-electron chi connectivity index (χ0n) is 46.9. The van der Waals surface area contributed by atoms with Gasteiger partial charge in [-0.15, -0.1) is 0 Å². The molecule has 5 fully saturated rings. The highest BCUT2D eigenvalue weighted by Crippen LogP contribution is 2.43. The third-order valence-electron chi connectivity index (χ3n) is 16.3. The van der Waals surface area contributed by atoms with Crippen molar-refractivity contribution < 1.29 is 76.0 Å². The Morgan fingerprint density at radius 2 is 0.974 bits per heavy atom. The first-order chi connectivity index (χ1) is 37.3. The summed E-state index contributed by atoms with van der Waals surface area (Å²) in [5, 5.41) is 12.2. The van der Waals surface area contributed by atoms with E-state index in [1.54, 1.807) is 51.1 Å². The van der Waals surface area contributed by atoms with E-state index in [-0.39, 0.29) is 42.1 Å². The van der Waals surface area contributed by atoms with Gasteiger partial charge in [0, 0.05) is 40.1 Å². The molecule has 0 bridgehead atoms. The lowest BCUT2D eigenvalue weighted by Crippen LogP contribution is -2.64. The van der Waals surface area contributed by atoms with Crippen molar-refractivity contribution in [2.45, 2.75) is 232 Å². The van der Waals surface area contributed by atoms with Crippen molar-refractivity contribution in [3.63, 3.8) is 0 Å². The Morgan fingerprint density at radius 1 is 0.513 bits per heavy atom. The number of azide groups is 3. The SMILES string of the molecule is CCC1O[C@H](O[C@@H]2C(C)O[C@H](O[C@@H]3C(CC)O[C@H](OC)[C@@H](N=[N+]=[N-])C3C)[C@@H](OC(=O)c3ccccc3)C2C)[C@@H](N=[N+]=[N-])C(C)[C@@H]1O[C@@H]1O[C@@H](C(C)=O)[C@@H](O[C@H]2O[C@@H](CC)[C@@H](C)C(C)[C@@H]2N=[N+]=[N-])C(C)[C@@H]1OC(=O)CCC(C)=O. The molecule has 1 aromatic carbocycles. The van der Waals surface area contributed by atoms with Crippen LogP contribution in [-0.2, 0) is 71.2 Å². The van der Waals surface area contributed by atoms with Crippen molar-refractivity contribution >= 4 is 23.5 Å². The highest BCUT2D eigenvalue weighted by atomic mass is 16.8. The van der Waals surface area contributed by atoms with Crippen molar-refractivity contribution in [3.05, 3.63) is 67.2 Å². The van der Waals surface area contributed by atoms with E-state index in [2.05, 4.69) is 30.1 Å². The Kier molecular flexibility index (Phi) is 22.7. The summed E-state index contributed by atoms with van der Waals surface area (Å²) in [6.45, 7) is 21.4. The molecular weight excluding hydrogens is 1020 g/mol. The van der Waals surface area contributed by atoms with Crippen LogP contribution in [0.25, 0.3) is 31.3 Å². The number of rotatable bonds is 22. The summed E-state index contributed by atoms with van der Waals surface area (Å²) in [6, 6.07) is 5.83. The number of methoxy groups -OCH3 is 1. The number of ketones is 2. The van der Waals surface area contributed by atoms with Gasteiger partial charge in [-0.05, 0) is 92.4 Å². The van der Waals surface area contributed by atoms with E-state index < -0.39 is 152 Å². The second kappa shape index (κ2) is 28.4. The summed E-state index contributed by atoms with van der Waals surface area (Å²) < 4.78 is 77.5. The number of hydrogen-bond acceptors (Lipinski definition) is 19. The summed E-state index contributed by atoms with van der Waals surface area (Å²) in [5.74, 6) is -4.82. The smallest absolute Gasteiger partial charge is 0.338 e. The van der Waals surface area contributed by atoms with Crippen molar-refractivity contribution in [3.8, 4) is 0 Å². The van der Waals surface area contributed by atoms with E-state index in [9.17, 15) is 35.8 Å². The van der Waals surface area contributed by atoms with E-state index in [0.29, 0.717) is 19.3 Å². The number of hydrogen-bond donors (Lipinski definition) is 0. The molecule has 0 saturated carbocycles. The second-order valence-corrected chi connectivity index (χ2v) is 21.4. The van der Waals surface area contributed by atoms with Crippen LogP contribution in [0.4, 0.5) is 0 Å². The average Bonchev–Trinajstić information content (AvgIpc) is 3.48. The molecule has 8 unspecified atom stereocenters. The first-order valence-electron chi connectivity index (χ1n) is 27.3. The normalized spacial score (nSPS) is 40.7. The lowest BCUT2D eigenvalue weighted by atomic mass is 9.81. The summed E-state index contributed by atoms with van der Waals surface area (Å²) in [5.41, 5.74) is 29.4. The zero-order chi connectivity index (χ0) is 57.1. The topological polar surface area (TPSA) is 325 Å². The molecule has 25 nitrogen and oxygen atoms in total.